The molecular formula is C13H7BrFNO. The summed E-state index contributed by atoms with van der Waals surface area (Å²) in [7, 11) is 0. The first-order valence-corrected chi connectivity index (χ1v) is 5.84. The Balaban J connectivity index is 2.18. The minimum Gasteiger partial charge on any atom is -0.454 e. The molecule has 0 fully saturated rings. The van der Waals surface area contributed by atoms with Crippen molar-refractivity contribution in [2.75, 3.05) is 0 Å². The van der Waals surface area contributed by atoms with Gasteiger partial charge < -0.3 is 4.42 Å². The zero-order valence-electron chi connectivity index (χ0n) is 8.65. The van der Waals surface area contributed by atoms with E-state index in [9.17, 15) is 4.39 Å². The predicted octanol–water partition coefficient (Wildman–Crippen LogP) is 4.40. The summed E-state index contributed by atoms with van der Waals surface area (Å²) in [5, 5.41) is 0.738. The third-order valence-electron chi connectivity index (χ3n) is 2.45. The SMILES string of the molecule is Fc1ccc2oc(-c3cccc(Br)n3)cc2c1. The molecule has 3 rings (SSSR count). The molecule has 0 aliphatic rings. The Labute approximate surface area is 105 Å². The lowest BCUT2D eigenvalue weighted by molar-refractivity contribution is 0.617. The summed E-state index contributed by atoms with van der Waals surface area (Å²) >= 11 is 3.30. The van der Waals surface area contributed by atoms with Gasteiger partial charge in [0.15, 0.2) is 5.76 Å². The van der Waals surface area contributed by atoms with Crippen LogP contribution in [0, 0.1) is 5.82 Å². The Hall–Kier alpha value is -1.68. The third kappa shape index (κ3) is 1.96. The van der Waals surface area contributed by atoms with Crippen molar-refractivity contribution in [1.82, 2.24) is 4.98 Å². The Morgan fingerprint density at radius 3 is 2.82 bits per heavy atom. The summed E-state index contributed by atoms with van der Waals surface area (Å²) in [6.07, 6.45) is 0. The number of pyridine rings is 1. The highest BCUT2D eigenvalue weighted by Crippen LogP contribution is 2.27. The number of benzene rings is 1. The Morgan fingerprint density at radius 2 is 2.00 bits per heavy atom. The van der Waals surface area contributed by atoms with E-state index in [1.54, 1.807) is 12.1 Å². The van der Waals surface area contributed by atoms with Gasteiger partial charge in [0.25, 0.3) is 0 Å². The summed E-state index contributed by atoms with van der Waals surface area (Å²) in [6, 6.07) is 11.8. The first kappa shape index (κ1) is 10.5. The molecule has 2 heterocycles. The van der Waals surface area contributed by atoms with Gasteiger partial charge in [0.1, 0.15) is 21.7 Å². The van der Waals surface area contributed by atoms with Crippen LogP contribution in [0.25, 0.3) is 22.4 Å². The fraction of sp³-hybridized carbons (Fsp3) is 0. The molecule has 2 aromatic heterocycles. The second kappa shape index (κ2) is 3.96. The molecule has 0 spiro atoms. The second-order valence-electron chi connectivity index (χ2n) is 3.64. The number of furan rings is 1. The van der Waals surface area contributed by atoms with Crippen molar-refractivity contribution in [2.45, 2.75) is 0 Å². The van der Waals surface area contributed by atoms with E-state index in [0.717, 1.165) is 15.7 Å². The van der Waals surface area contributed by atoms with Crippen LogP contribution >= 0.6 is 15.9 Å². The van der Waals surface area contributed by atoms with Gasteiger partial charge in [-0.25, -0.2) is 9.37 Å². The van der Waals surface area contributed by atoms with Crippen LogP contribution in [0.15, 0.2) is 51.5 Å². The van der Waals surface area contributed by atoms with Gasteiger partial charge in [0.05, 0.1) is 0 Å². The minimum absolute atomic E-state index is 0.271. The standard InChI is InChI=1S/C13H7BrFNO/c14-13-3-1-2-10(16-13)12-7-8-6-9(15)4-5-11(8)17-12/h1-7H. The third-order valence-corrected chi connectivity index (χ3v) is 2.89. The van der Waals surface area contributed by atoms with Crippen molar-refractivity contribution in [3.8, 4) is 11.5 Å². The van der Waals surface area contributed by atoms with E-state index < -0.39 is 0 Å². The largest absolute Gasteiger partial charge is 0.454 e. The van der Waals surface area contributed by atoms with Crippen molar-refractivity contribution >= 4 is 26.9 Å². The monoisotopic (exact) mass is 291 g/mol. The van der Waals surface area contributed by atoms with E-state index in [2.05, 4.69) is 20.9 Å². The van der Waals surface area contributed by atoms with Crippen LogP contribution in [0.4, 0.5) is 4.39 Å². The maximum atomic E-state index is 13.0. The predicted molar refractivity (Wildman–Crippen MR) is 67.1 cm³/mol. The van der Waals surface area contributed by atoms with Crippen molar-refractivity contribution in [2.24, 2.45) is 0 Å². The molecule has 2 nitrogen and oxygen atoms in total. The smallest absolute Gasteiger partial charge is 0.153 e. The number of aromatic nitrogens is 1. The van der Waals surface area contributed by atoms with Crippen molar-refractivity contribution < 1.29 is 8.81 Å². The van der Waals surface area contributed by atoms with Gasteiger partial charge in [0, 0.05) is 5.39 Å². The van der Waals surface area contributed by atoms with Crippen LogP contribution in [-0.4, -0.2) is 4.98 Å². The zero-order valence-corrected chi connectivity index (χ0v) is 10.2. The summed E-state index contributed by atoms with van der Waals surface area (Å²) in [5.74, 6) is 0.360. The molecule has 17 heavy (non-hydrogen) atoms. The molecule has 4 heteroatoms. The fourth-order valence-electron chi connectivity index (χ4n) is 1.69. The molecular weight excluding hydrogens is 285 g/mol. The normalized spacial score (nSPS) is 10.9. The molecule has 0 unspecified atom stereocenters. The van der Waals surface area contributed by atoms with E-state index in [1.165, 1.54) is 12.1 Å². The minimum atomic E-state index is -0.271. The molecule has 3 aromatic rings. The number of hydrogen-bond acceptors (Lipinski definition) is 2. The van der Waals surface area contributed by atoms with E-state index in [4.69, 9.17) is 4.42 Å². The van der Waals surface area contributed by atoms with Gasteiger partial charge in [-0.3, -0.25) is 0 Å². The van der Waals surface area contributed by atoms with Crippen LogP contribution < -0.4 is 0 Å². The second-order valence-corrected chi connectivity index (χ2v) is 4.45. The lowest BCUT2D eigenvalue weighted by atomic mass is 10.2. The number of hydrogen-bond donors (Lipinski definition) is 0. The van der Waals surface area contributed by atoms with Gasteiger partial charge >= 0.3 is 0 Å². The fourth-order valence-corrected chi connectivity index (χ4v) is 2.03. The zero-order chi connectivity index (χ0) is 11.8. The topological polar surface area (TPSA) is 26.0 Å². The Kier molecular flexibility index (Phi) is 2.44. The summed E-state index contributed by atoms with van der Waals surface area (Å²) in [6.45, 7) is 0. The van der Waals surface area contributed by atoms with E-state index in [0.29, 0.717) is 11.3 Å². The Morgan fingerprint density at radius 1 is 1.12 bits per heavy atom. The van der Waals surface area contributed by atoms with Gasteiger partial charge in [-0.2, -0.15) is 0 Å². The Bertz CT molecular complexity index is 693. The van der Waals surface area contributed by atoms with Crippen LogP contribution in [0.5, 0.6) is 0 Å². The lowest BCUT2D eigenvalue weighted by Crippen LogP contribution is -1.80. The molecule has 0 atom stereocenters. The van der Waals surface area contributed by atoms with Crippen LogP contribution in [0.3, 0.4) is 0 Å². The average Bonchev–Trinajstić information content (AvgIpc) is 2.72. The van der Waals surface area contributed by atoms with Crippen LogP contribution in [0.1, 0.15) is 0 Å². The summed E-state index contributed by atoms with van der Waals surface area (Å²) < 4.78 is 19.4. The number of fused-ring (bicyclic) bond motifs is 1. The first-order chi connectivity index (χ1) is 8.22. The molecule has 0 aliphatic carbocycles. The quantitative estimate of drug-likeness (QED) is 0.621. The average molecular weight is 292 g/mol. The van der Waals surface area contributed by atoms with Crippen LogP contribution in [-0.2, 0) is 0 Å². The highest BCUT2D eigenvalue weighted by molar-refractivity contribution is 9.10. The number of halogens is 2. The van der Waals surface area contributed by atoms with Gasteiger partial charge in [-0.1, -0.05) is 6.07 Å². The van der Waals surface area contributed by atoms with Gasteiger partial charge in [0.2, 0.25) is 0 Å². The molecule has 0 amide bonds. The molecule has 0 saturated carbocycles. The van der Waals surface area contributed by atoms with Crippen molar-refractivity contribution in [3.05, 3.63) is 52.9 Å². The lowest BCUT2D eigenvalue weighted by Gasteiger charge is -1.95. The number of rotatable bonds is 1. The molecule has 0 N–H and O–H groups in total. The first-order valence-electron chi connectivity index (χ1n) is 5.04. The van der Waals surface area contributed by atoms with Gasteiger partial charge in [-0.05, 0) is 52.3 Å². The van der Waals surface area contributed by atoms with Crippen molar-refractivity contribution in [3.63, 3.8) is 0 Å². The maximum absolute atomic E-state index is 13.0. The van der Waals surface area contributed by atoms with E-state index in [1.807, 2.05) is 18.2 Å². The number of nitrogens with zero attached hydrogens (tertiary/aromatic N) is 1. The van der Waals surface area contributed by atoms with Gasteiger partial charge in [-0.15, -0.1) is 0 Å². The molecule has 0 bridgehead atoms. The van der Waals surface area contributed by atoms with E-state index >= 15 is 0 Å². The molecule has 0 radical (unpaired) electrons. The summed E-state index contributed by atoms with van der Waals surface area (Å²) in [4.78, 5) is 4.29. The van der Waals surface area contributed by atoms with Crippen LogP contribution in [0.2, 0.25) is 0 Å². The van der Waals surface area contributed by atoms with E-state index in [-0.39, 0.29) is 5.82 Å². The van der Waals surface area contributed by atoms with Crippen molar-refractivity contribution in [1.29, 1.82) is 0 Å². The maximum Gasteiger partial charge on any atom is 0.153 e. The highest BCUT2D eigenvalue weighted by atomic mass is 79.9. The molecule has 84 valence electrons. The summed E-state index contributed by atoms with van der Waals surface area (Å²) in [5.41, 5.74) is 1.37. The molecule has 0 aliphatic heterocycles. The highest BCUT2D eigenvalue weighted by Gasteiger charge is 2.08. The molecule has 0 saturated heterocycles. The molecule has 1 aromatic carbocycles.